The molecule has 0 bridgehead atoms. The van der Waals surface area contributed by atoms with E-state index in [1.54, 1.807) is 6.20 Å². The molecule has 1 aliphatic heterocycles. The van der Waals surface area contributed by atoms with Crippen molar-refractivity contribution in [3.05, 3.63) is 11.8 Å². The van der Waals surface area contributed by atoms with Crippen LogP contribution in [0.5, 0.6) is 0 Å². The highest BCUT2D eigenvalue weighted by Gasteiger charge is 2.26. The molecule has 0 amide bonds. The zero-order valence-electron chi connectivity index (χ0n) is 11.7. The maximum absolute atomic E-state index is 11.7. The Labute approximate surface area is 118 Å². The number of likely N-dealkylation sites (tertiary alicyclic amines) is 1. The molecule has 0 aromatic carbocycles. The molecule has 1 fully saturated rings. The van der Waals surface area contributed by atoms with Crippen molar-refractivity contribution < 1.29 is 9.53 Å². The second kappa shape index (κ2) is 6.51. The number of nitrogens with zero attached hydrogens (tertiary/aromatic N) is 3. The van der Waals surface area contributed by atoms with Gasteiger partial charge in [0.05, 0.1) is 12.5 Å². The van der Waals surface area contributed by atoms with Crippen molar-refractivity contribution in [3.63, 3.8) is 0 Å². The van der Waals surface area contributed by atoms with Crippen LogP contribution in [-0.4, -0.2) is 40.5 Å². The summed E-state index contributed by atoms with van der Waals surface area (Å²) in [5.74, 6) is 0.547. The first-order chi connectivity index (χ1) is 9.60. The predicted octanol–water partition coefficient (Wildman–Crippen LogP) is 0.416. The van der Waals surface area contributed by atoms with Crippen molar-refractivity contribution in [1.82, 2.24) is 14.9 Å². The van der Waals surface area contributed by atoms with Gasteiger partial charge in [-0.3, -0.25) is 9.69 Å². The van der Waals surface area contributed by atoms with E-state index in [1.165, 1.54) is 0 Å². The van der Waals surface area contributed by atoms with Crippen molar-refractivity contribution in [3.8, 4) is 0 Å². The Morgan fingerprint density at radius 2 is 2.15 bits per heavy atom. The summed E-state index contributed by atoms with van der Waals surface area (Å²) in [6.07, 6.45) is 3.29. The lowest BCUT2D eigenvalue weighted by Gasteiger charge is -2.30. The summed E-state index contributed by atoms with van der Waals surface area (Å²) in [5.41, 5.74) is 12.2. The van der Waals surface area contributed by atoms with E-state index in [9.17, 15) is 4.79 Å². The Morgan fingerprint density at radius 1 is 1.45 bits per heavy atom. The molecule has 1 aromatic heterocycles. The van der Waals surface area contributed by atoms with Crippen LogP contribution in [0, 0.1) is 5.92 Å². The number of esters is 1. The lowest BCUT2D eigenvalue weighted by molar-refractivity contribution is -0.149. The van der Waals surface area contributed by atoms with Crippen molar-refractivity contribution >= 4 is 17.7 Å². The fourth-order valence-corrected chi connectivity index (χ4v) is 2.38. The summed E-state index contributed by atoms with van der Waals surface area (Å²) in [6.45, 7) is 4.64. The quantitative estimate of drug-likeness (QED) is 0.769. The first-order valence-electron chi connectivity index (χ1n) is 6.86. The molecule has 0 spiro atoms. The van der Waals surface area contributed by atoms with Crippen LogP contribution in [0.3, 0.4) is 0 Å². The van der Waals surface area contributed by atoms with Gasteiger partial charge in [-0.05, 0) is 32.9 Å². The molecule has 7 nitrogen and oxygen atoms in total. The normalized spacial score (nSPS) is 17.1. The summed E-state index contributed by atoms with van der Waals surface area (Å²) in [6, 6.07) is 0. The molecule has 0 unspecified atom stereocenters. The van der Waals surface area contributed by atoms with Gasteiger partial charge in [-0.25, -0.2) is 4.98 Å². The van der Waals surface area contributed by atoms with Crippen LogP contribution in [-0.2, 0) is 16.1 Å². The molecule has 0 aliphatic carbocycles. The number of nitrogens with two attached hydrogens (primary N) is 2. The molecule has 1 aliphatic rings. The number of anilines is 2. The number of carbonyl (C=O) groups is 1. The molecular weight excluding hydrogens is 258 g/mol. The van der Waals surface area contributed by atoms with Crippen LogP contribution in [0.4, 0.5) is 11.8 Å². The van der Waals surface area contributed by atoms with Crippen LogP contribution in [0.15, 0.2) is 6.20 Å². The lowest BCUT2D eigenvalue weighted by Crippen LogP contribution is -2.36. The Morgan fingerprint density at radius 3 is 2.75 bits per heavy atom. The Hall–Kier alpha value is -1.89. The number of hydrogen-bond acceptors (Lipinski definition) is 7. The van der Waals surface area contributed by atoms with Crippen LogP contribution in [0.25, 0.3) is 0 Å². The van der Waals surface area contributed by atoms with Crippen molar-refractivity contribution in [2.75, 3.05) is 31.2 Å². The third kappa shape index (κ3) is 3.57. The fraction of sp³-hybridized carbons (Fsp3) is 0.615. The number of ether oxygens (including phenoxy) is 1. The molecular formula is C13H21N5O2. The van der Waals surface area contributed by atoms with E-state index in [2.05, 4.69) is 14.9 Å². The predicted molar refractivity (Wildman–Crippen MR) is 75.5 cm³/mol. The van der Waals surface area contributed by atoms with Gasteiger partial charge in [0.25, 0.3) is 0 Å². The summed E-state index contributed by atoms with van der Waals surface area (Å²) in [5, 5.41) is 0. The minimum Gasteiger partial charge on any atom is -0.466 e. The molecule has 4 N–H and O–H groups in total. The second-order valence-corrected chi connectivity index (χ2v) is 4.94. The number of piperidine rings is 1. The molecule has 2 rings (SSSR count). The minimum absolute atomic E-state index is 0.0196. The molecule has 0 atom stereocenters. The maximum atomic E-state index is 11.7. The second-order valence-electron chi connectivity index (χ2n) is 4.94. The van der Waals surface area contributed by atoms with Crippen LogP contribution in [0.2, 0.25) is 0 Å². The zero-order chi connectivity index (χ0) is 14.5. The Bertz CT molecular complexity index is 472. The third-order valence-corrected chi connectivity index (χ3v) is 3.52. The van der Waals surface area contributed by atoms with Crippen molar-refractivity contribution in [1.29, 1.82) is 0 Å². The van der Waals surface area contributed by atoms with Gasteiger partial charge >= 0.3 is 5.97 Å². The van der Waals surface area contributed by atoms with E-state index in [0.717, 1.165) is 31.5 Å². The van der Waals surface area contributed by atoms with Crippen molar-refractivity contribution in [2.24, 2.45) is 5.92 Å². The van der Waals surface area contributed by atoms with E-state index in [-0.39, 0.29) is 17.8 Å². The number of aromatic nitrogens is 2. The average Bonchev–Trinajstić information content (AvgIpc) is 2.43. The summed E-state index contributed by atoms with van der Waals surface area (Å²) < 4.78 is 5.06. The summed E-state index contributed by atoms with van der Waals surface area (Å²) in [4.78, 5) is 21.8. The number of carbonyl (C=O) groups excluding carboxylic acids is 1. The van der Waals surface area contributed by atoms with E-state index in [1.807, 2.05) is 6.92 Å². The highest BCUT2D eigenvalue weighted by molar-refractivity contribution is 5.72. The SMILES string of the molecule is CCOC(=O)C1CCN(Cc2cnc(N)nc2N)CC1. The van der Waals surface area contributed by atoms with Crippen molar-refractivity contribution in [2.45, 2.75) is 26.3 Å². The van der Waals surface area contributed by atoms with Gasteiger partial charge in [0, 0.05) is 18.3 Å². The minimum atomic E-state index is -0.0810. The fourth-order valence-electron chi connectivity index (χ4n) is 2.38. The zero-order valence-corrected chi connectivity index (χ0v) is 11.7. The standard InChI is InChI=1S/C13H21N5O2/c1-2-20-12(19)9-3-5-18(6-4-9)8-10-7-16-13(15)17-11(10)14/h7,9H,2-6,8H2,1H3,(H4,14,15,16,17). The Balaban J connectivity index is 1.86. The third-order valence-electron chi connectivity index (χ3n) is 3.52. The first kappa shape index (κ1) is 14.5. The number of rotatable bonds is 4. The monoisotopic (exact) mass is 279 g/mol. The highest BCUT2D eigenvalue weighted by atomic mass is 16.5. The first-order valence-corrected chi connectivity index (χ1v) is 6.86. The van der Waals surface area contributed by atoms with Gasteiger partial charge in [-0.1, -0.05) is 0 Å². The van der Waals surface area contributed by atoms with Crippen LogP contribution < -0.4 is 11.5 Å². The van der Waals surface area contributed by atoms with Gasteiger partial charge in [0.1, 0.15) is 5.82 Å². The van der Waals surface area contributed by atoms with E-state index in [0.29, 0.717) is 19.0 Å². The molecule has 0 saturated carbocycles. The molecule has 1 aromatic rings. The summed E-state index contributed by atoms with van der Waals surface area (Å²) >= 11 is 0. The Kier molecular flexibility index (Phi) is 4.73. The number of hydrogen-bond donors (Lipinski definition) is 2. The van der Waals surface area contributed by atoms with Crippen LogP contribution in [0.1, 0.15) is 25.3 Å². The van der Waals surface area contributed by atoms with Gasteiger partial charge in [-0.15, -0.1) is 0 Å². The maximum Gasteiger partial charge on any atom is 0.309 e. The molecule has 1 saturated heterocycles. The van der Waals surface area contributed by atoms with Gasteiger partial charge in [0.15, 0.2) is 0 Å². The highest BCUT2D eigenvalue weighted by Crippen LogP contribution is 2.21. The molecule has 2 heterocycles. The van der Waals surface area contributed by atoms with Gasteiger partial charge in [-0.2, -0.15) is 4.98 Å². The van der Waals surface area contributed by atoms with E-state index in [4.69, 9.17) is 16.2 Å². The molecule has 110 valence electrons. The molecule has 7 heteroatoms. The van der Waals surface area contributed by atoms with E-state index < -0.39 is 0 Å². The van der Waals surface area contributed by atoms with Gasteiger partial charge < -0.3 is 16.2 Å². The molecule has 0 radical (unpaired) electrons. The molecule has 20 heavy (non-hydrogen) atoms. The topological polar surface area (TPSA) is 107 Å². The average molecular weight is 279 g/mol. The lowest BCUT2D eigenvalue weighted by atomic mass is 9.97. The smallest absolute Gasteiger partial charge is 0.309 e. The summed E-state index contributed by atoms with van der Waals surface area (Å²) in [7, 11) is 0. The van der Waals surface area contributed by atoms with E-state index >= 15 is 0 Å². The largest absolute Gasteiger partial charge is 0.466 e. The van der Waals surface area contributed by atoms with Crippen LogP contribution >= 0.6 is 0 Å². The van der Waals surface area contributed by atoms with Gasteiger partial charge in [0.2, 0.25) is 5.95 Å². The number of nitrogen functional groups attached to an aromatic ring is 2.